The van der Waals surface area contributed by atoms with E-state index < -0.39 is 12.1 Å². The van der Waals surface area contributed by atoms with Crippen molar-refractivity contribution in [2.45, 2.75) is 31.9 Å². The van der Waals surface area contributed by atoms with Gasteiger partial charge in [-0.25, -0.2) is 4.79 Å². The molecule has 0 spiro atoms. The molecule has 0 saturated carbocycles. The summed E-state index contributed by atoms with van der Waals surface area (Å²) in [7, 11) is 0. The summed E-state index contributed by atoms with van der Waals surface area (Å²) in [6.45, 7) is 3.28. The summed E-state index contributed by atoms with van der Waals surface area (Å²) in [5.74, 6) is -0.0217. The third kappa shape index (κ3) is 5.69. The van der Waals surface area contributed by atoms with E-state index in [0.717, 1.165) is 12.2 Å². The van der Waals surface area contributed by atoms with Gasteiger partial charge >= 0.3 is 12.0 Å². The van der Waals surface area contributed by atoms with Crippen LogP contribution in [-0.2, 0) is 9.53 Å². The number of nitrogens with one attached hydrogen (secondary N) is 1. The van der Waals surface area contributed by atoms with Gasteiger partial charge in [0.15, 0.2) is 0 Å². The fourth-order valence-electron chi connectivity index (χ4n) is 1.95. The van der Waals surface area contributed by atoms with Crippen molar-refractivity contribution in [2.75, 3.05) is 31.7 Å². The summed E-state index contributed by atoms with van der Waals surface area (Å²) < 4.78 is 5.34. The Kier molecular flexibility index (Phi) is 7.01. The molecule has 2 amide bonds. The standard InChI is InChI=1S/C12H22N2O4S/c1-3-9(8-19-2)13-12(17)14-4-5-18-10(7-14)6-11(15)16/h9-10H,3-8H2,1-2H3,(H,13,17)(H,15,16). The van der Waals surface area contributed by atoms with E-state index in [-0.39, 0.29) is 18.5 Å². The van der Waals surface area contributed by atoms with Crippen LogP contribution in [0.25, 0.3) is 0 Å². The van der Waals surface area contributed by atoms with Gasteiger partial charge in [0.25, 0.3) is 0 Å². The highest BCUT2D eigenvalue weighted by Gasteiger charge is 2.26. The second kappa shape index (κ2) is 8.27. The lowest BCUT2D eigenvalue weighted by Crippen LogP contribution is -2.52. The number of amides is 2. The predicted molar refractivity (Wildman–Crippen MR) is 74.6 cm³/mol. The Hall–Kier alpha value is -0.950. The highest BCUT2D eigenvalue weighted by molar-refractivity contribution is 7.98. The molecule has 2 unspecified atom stereocenters. The first-order chi connectivity index (χ1) is 9.06. The normalized spacial score (nSPS) is 20.9. The van der Waals surface area contributed by atoms with Crippen LogP contribution in [0.2, 0.25) is 0 Å². The summed E-state index contributed by atoms with van der Waals surface area (Å²) in [5.41, 5.74) is 0. The van der Waals surface area contributed by atoms with Crippen LogP contribution in [-0.4, -0.2) is 65.9 Å². The summed E-state index contributed by atoms with van der Waals surface area (Å²) >= 11 is 1.70. The predicted octanol–water partition coefficient (Wildman–Crippen LogP) is 1.01. The van der Waals surface area contributed by atoms with Crippen molar-refractivity contribution in [2.24, 2.45) is 0 Å². The number of carbonyl (C=O) groups is 2. The van der Waals surface area contributed by atoms with Gasteiger partial charge in [0, 0.05) is 24.9 Å². The molecule has 0 aromatic heterocycles. The average Bonchev–Trinajstić information content (AvgIpc) is 2.37. The van der Waals surface area contributed by atoms with Crippen molar-refractivity contribution in [3.63, 3.8) is 0 Å². The molecule has 110 valence electrons. The van der Waals surface area contributed by atoms with E-state index in [1.165, 1.54) is 0 Å². The van der Waals surface area contributed by atoms with Gasteiger partial charge in [-0.1, -0.05) is 6.92 Å². The summed E-state index contributed by atoms with van der Waals surface area (Å²) in [6, 6.07) is 0.0304. The zero-order valence-corrected chi connectivity index (χ0v) is 12.2. The Bertz CT molecular complexity index is 314. The maximum absolute atomic E-state index is 12.1. The lowest BCUT2D eigenvalue weighted by Gasteiger charge is -2.33. The molecule has 2 N–H and O–H groups in total. The minimum absolute atomic E-state index is 0.0637. The number of carbonyl (C=O) groups excluding carboxylic acids is 1. The monoisotopic (exact) mass is 290 g/mol. The number of hydrogen-bond acceptors (Lipinski definition) is 4. The van der Waals surface area contributed by atoms with Gasteiger partial charge in [-0.05, 0) is 12.7 Å². The maximum atomic E-state index is 12.1. The van der Waals surface area contributed by atoms with Crippen LogP contribution < -0.4 is 5.32 Å². The molecule has 0 bridgehead atoms. The lowest BCUT2D eigenvalue weighted by molar-refractivity contribution is -0.141. The van der Waals surface area contributed by atoms with Crippen molar-refractivity contribution in [1.29, 1.82) is 0 Å². The fraction of sp³-hybridized carbons (Fsp3) is 0.833. The minimum atomic E-state index is -0.902. The van der Waals surface area contributed by atoms with E-state index in [4.69, 9.17) is 9.84 Å². The zero-order chi connectivity index (χ0) is 14.3. The molecule has 0 aliphatic carbocycles. The Morgan fingerprint density at radius 1 is 1.58 bits per heavy atom. The fourth-order valence-corrected chi connectivity index (χ4v) is 2.67. The molecule has 2 atom stereocenters. The highest BCUT2D eigenvalue weighted by atomic mass is 32.2. The lowest BCUT2D eigenvalue weighted by atomic mass is 10.2. The van der Waals surface area contributed by atoms with E-state index in [9.17, 15) is 9.59 Å². The van der Waals surface area contributed by atoms with Crippen LogP contribution in [0.15, 0.2) is 0 Å². The van der Waals surface area contributed by atoms with E-state index in [0.29, 0.717) is 19.7 Å². The molecular formula is C12H22N2O4S. The van der Waals surface area contributed by atoms with Gasteiger partial charge < -0.3 is 20.1 Å². The largest absolute Gasteiger partial charge is 0.481 e. The molecule has 1 rings (SSSR count). The Morgan fingerprint density at radius 2 is 2.32 bits per heavy atom. The Balaban J connectivity index is 2.44. The first-order valence-electron chi connectivity index (χ1n) is 6.44. The number of carboxylic acid groups (broad SMARTS) is 1. The topological polar surface area (TPSA) is 78.9 Å². The van der Waals surface area contributed by atoms with Gasteiger partial charge in [0.2, 0.25) is 0 Å². The summed E-state index contributed by atoms with van der Waals surface area (Å²) in [5, 5.41) is 11.7. The second-order valence-corrected chi connectivity index (χ2v) is 5.46. The molecule has 1 fully saturated rings. The van der Waals surface area contributed by atoms with Crippen LogP contribution >= 0.6 is 11.8 Å². The van der Waals surface area contributed by atoms with E-state index in [2.05, 4.69) is 5.32 Å². The third-order valence-corrected chi connectivity index (χ3v) is 3.75. The van der Waals surface area contributed by atoms with Gasteiger partial charge in [-0.2, -0.15) is 11.8 Å². The van der Waals surface area contributed by atoms with Crippen LogP contribution in [0, 0.1) is 0 Å². The summed E-state index contributed by atoms with van der Waals surface area (Å²) in [4.78, 5) is 24.4. The van der Waals surface area contributed by atoms with Crippen molar-refractivity contribution in [3.05, 3.63) is 0 Å². The SMILES string of the molecule is CCC(CSC)NC(=O)N1CCOC(CC(=O)O)C1. The van der Waals surface area contributed by atoms with Gasteiger partial charge in [0.05, 0.1) is 19.1 Å². The molecule has 1 aliphatic heterocycles. The van der Waals surface area contributed by atoms with Gasteiger partial charge in [-0.15, -0.1) is 0 Å². The number of hydrogen-bond donors (Lipinski definition) is 2. The van der Waals surface area contributed by atoms with Crippen molar-refractivity contribution in [1.82, 2.24) is 10.2 Å². The maximum Gasteiger partial charge on any atom is 0.317 e. The molecular weight excluding hydrogens is 268 g/mol. The highest BCUT2D eigenvalue weighted by Crippen LogP contribution is 2.10. The van der Waals surface area contributed by atoms with E-state index in [1.807, 2.05) is 13.2 Å². The van der Waals surface area contributed by atoms with Crippen LogP contribution in [0.3, 0.4) is 0 Å². The number of carboxylic acids is 1. The van der Waals surface area contributed by atoms with E-state index >= 15 is 0 Å². The quantitative estimate of drug-likeness (QED) is 0.763. The van der Waals surface area contributed by atoms with Crippen molar-refractivity contribution >= 4 is 23.8 Å². The van der Waals surface area contributed by atoms with Crippen molar-refractivity contribution in [3.8, 4) is 0 Å². The third-order valence-electron chi connectivity index (χ3n) is 3.02. The first-order valence-corrected chi connectivity index (χ1v) is 7.84. The molecule has 1 saturated heterocycles. The molecule has 6 nitrogen and oxygen atoms in total. The smallest absolute Gasteiger partial charge is 0.317 e. The van der Waals surface area contributed by atoms with Gasteiger partial charge in [0.1, 0.15) is 0 Å². The molecule has 19 heavy (non-hydrogen) atoms. The zero-order valence-electron chi connectivity index (χ0n) is 11.4. The molecule has 0 aromatic rings. The number of aliphatic carboxylic acids is 1. The Morgan fingerprint density at radius 3 is 2.89 bits per heavy atom. The number of urea groups is 1. The van der Waals surface area contributed by atoms with Crippen LogP contribution in [0.4, 0.5) is 4.79 Å². The first kappa shape index (κ1) is 16.1. The number of ether oxygens (including phenoxy) is 1. The Labute approximate surface area is 117 Å². The van der Waals surface area contributed by atoms with Gasteiger partial charge in [-0.3, -0.25) is 4.79 Å². The second-order valence-electron chi connectivity index (χ2n) is 4.55. The summed E-state index contributed by atoms with van der Waals surface area (Å²) in [6.07, 6.45) is 2.42. The van der Waals surface area contributed by atoms with Crippen LogP contribution in [0.5, 0.6) is 0 Å². The molecule has 0 radical (unpaired) electrons. The number of morpholine rings is 1. The average molecular weight is 290 g/mol. The minimum Gasteiger partial charge on any atom is -0.481 e. The molecule has 0 aromatic carbocycles. The molecule has 1 aliphatic rings. The van der Waals surface area contributed by atoms with E-state index in [1.54, 1.807) is 16.7 Å². The van der Waals surface area contributed by atoms with Crippen molar-refractivity contribution < 1.29 is 19.4 Å². The van der Waals surface area contributed by atoms with Crippen LogP contribution in [0.1, 0.15) is 19.8 Å². The molecule has 1 heterocycles. The number of nitrogens with zero attached hydrogens (tertiary/aromatic N) is 1. The number of rotatable bonds is 6. The number of thioether (sulfide) groups is 1. The molecule has 7 heteroatoms.